The Labute approximate surface area is 167 Å². The predicted molar refractivity (Wildman–Crippen MR) is 112 cm³/mol. The Morgan fingerprint density at radius 3 is 2.52 bits per heavy atom. The van der Waals surface area contributed by atoms with Crippen LogP contribution in [0.15, 0.2) is 76.5 Å². The third-order valence-corrected chi connectivity index (χ3v) is 5.26. The minimum Gasteiger partial charge on any atom is -0.504 e. The molecule has 138 valence electrons. The van der Waals surface area contributed by atoms with Gasteiger partial charge in [-0.25, -0.2) is 0 Å². The van der Waals surface area contributed by atoms with E-state index >= 15 is 0 Å². The van der Waals surface area contributed by atoms with Crippen molar-refractivity contribution in [2.24, 2.45) is 0 Å². The van der Waals surface area contributed by atoms with Crippen molar-refractivity contribution in [2.45, 2.75) is 23.3 Å². The molecule has 0 aliphatic carbocycles. The van der Waals surface area contributed by atoms with E-state index in [-0.39, 0.29) is 11.7 Å². The molecule has 0 spiro atoms. The maximum absolute atomic E-state index is 11.1. The Bertz CT molecular complexity index is 945. The summed E-state index contributed by atoms with van der Waals surface area (Å²) in [5, 5.41) is 16.4. The van der Waals surface area contributed by atoms with Crippen molar-refractivity contribution < 1.29 is 9.90 Å². The molecule has 0 unspecified atom stereocenters. The van der Waals surface area contributed by atoms with Crippen molar-refractivity contribution in [3.63, 3.8) is 0 Å². The van der Waals surface area contributed by atoms with Gasteiger partial charge in [0, 0.05) is 28.9 Å². The number of halogens is 1. The van der Waals surface area contributed by atoms with Gasteiger partial charge in [0.25, 0.3) is 0 Å². The molecule has 0 saturated carbocycles. The Morgan fingerprint density at radius 2 is 1.78 bits per heavy atom. The van der Waals surface area contributed by atoms with E-state index in [9.17, 15) is 9.90 Å². The van der Waals surface area contributed by atoms with E-state index in [1.807, 2.05) is 42.5 Å². The van der Waals surface area contributed by atoms with Gasteiger partial charge in [0.1, 0.15) is 0 Å². The number of benzene rings is 3. The van der Waals surface area contributed by atoms with Crippen LogP contribution in [0, 0.1) is 0 Å². The van der Waals surface area contributed by atoms with Crippen LogP contribution < -0.4 is 10.6 Å². The molecule has 0 atom stereocenters. The highest BCUT2D eigenvalue weighted by Gasteiger charge is 2.08. The smallest absolute Gasteiger partial charge is 0.221 e. The molecular weight excluding hydrogens is 380 g/mol. The number of aromatic hydroxyl groups is 1. The third-order valence-electron chi connectivity index (χ3n) is 3.83. The van der Waals surface area contributed by atoms with Gasteiger partial charge in [-0.1, -0.05) is 47.6 Å². The van der Waals surface area contributed by atoms with Crippen molar-refractivity contribution in [3.05, 3.63) is 77.3 Å². The molecule has 0 aliphatic rings. The van der Waals surface area contributed by atoms with Crippen LogP contribution in [-0.2, 0) is 11.3 Å². The summed E-state index contributed by atoms with van der Waals surface area (Å²) in [5.74, 6) is -0.0334. The van der Waals surface area contributed by atoms with Crippen LogP contribution in [-0.4, -0.2) is 11.0 Å². The van der Waals surface area contributed by atoms with E-state index in [0.29, 0.717) is 17.3 Å². The van der Waals surface area contributed by atoms with Crippen LogP contribution in [0.25, 0.3) is 0 Å². The third kappa shape index (κ3) is 5.18. The molecule has 3 rings (SSSR count). The largest absolute Gasteiger partial charge is 0.504 e. The van der Waals surface area contributed by atoms with Gasteiger partial charge in [0.2, 0.25) is 5.91 Å². The van der Waals surface area contributed by atoms with E-state index in [4.69, 9.17) is 11.6 Å². The molecule has 0 saturated heterocycles. The molecule has 3 aromatic rings. The van der Waals surface area contributed by atoms with Gasteiger partial charge >= 0.3 is 0 Å². The normalized spacial score (nSPS) is 10.4. The summed E-state index contributed by atoms with van der Waals surface area (Å²) >= 11 is 7.60. The van der Waals surface area contributed by atoms with Crippen LogP contribution in [0.1, 0.15) is 12.5 Å². The fourth-order valence-corrected chi connectivity index (χ4v) is 3.65. The number of carbonyl (C=O) groups excluding carboxylic acids is 1. The van der Waals surface area contributed by atoms with Crippen LogP contribution in [0.2, 0.25) is 5.02 Å². The van der Waals surface area contributed by atoms with Crippen molar-refractivity contribution in [1.82, 2.24) is 0 Å². The number of para-hydroxylation sites is 1. The summed E-state index contributed by atoms with van der Waals surface area (Å²) in [4.78, 5) is 13.3. The second kappa shape index (κ2) is 8.84. The lowest BCUT2D eigenvalue weighted by atomic mass is 10.2. The summed E-state index contributed by atoms with van der Waals surface area (Å²) in [6, 6.07) is 21.0. The molecule has 0 fully saturated rings. The van der Waals surface area contributed by atoms with E-state index in [0.717, 1.165) is 21.0 Å². The minimum atomic E-state index is -0.0870. The Hall–Kier alpha value is -2.63. The molecular formula is C21H19ClN2O2S. The summed E-state index contributed by atoms with van der Waals surface area (Å²) in [6.45, 7) is 2.05. The van der Waals surface area contributed by atoms with Crippen molar-refractivity contribution in [1.29, 1.82) is 0 Å². The van der Waals surface area contributed by atoms with Crippen LogP contribution >= 0.6 is 23.4 Å². The number of rotatable bonds is 6. The quantitative estimate of drug-likeness (QED) is 0.461. The first-order valence-corrected chi connectivity index (χ1v) is 9.57. The van der Waals surface area contributed by atoms with E-state index < -0.39 is 0 Å². The lowest BCUT2D eigenvalue weighted by Crippen LogP contribution is -2.05. The van der Waals surface area contributed by atoms with Crippen LogP contribution in [0.4, 0.5) is 11.4 Å². The highest BCUT2D eigenvalue weighted by molar-refractivity contribution is 7.99. The zero-order chi connectivity index (χ0) is 19.2. The van der Waals surface area contributed by atoms with Gasteiger partial charge < -0.3 is 15.7 Å². The Balaban J connectivity index is 1.72. The van der Waals surface area contributed by atoms with Crippen LogP contribution in [0.3, 0.4) is 0 Å². The van der Waals surface area contributed by atoms with E-state index in [1.165, 1.54) is 6.92 Å². The van der Waals surface area contributed by atoms with Gasteiger partial charge in [0.15, 0.2) is 5.75 Å². The maximum Gasteiger partial charge on any atom is 0.221 e. The number of phenols is 1. The molecule has 1 amide bonds. The zero-order valence-corrected chi connectivity index (χ0v) is 16.3. The van der Waals surface area contributed by atoms with Crippen molar-refractivity contribution in [2.75, 3.05) is 10.6 Å². The molecule has 4 nitrogen and oxygen atoms in total. The number of anilines is 2. The van der Waals surface area contributed by atoms with Gasteiger partial charge in [-0.15, -0.1) is 0 Å². The average molecular weight is 399 g/mol. The second-order valence-electron chi connectivity index (χ2n) is 5.90. The first-order valence-electron chi connectivity index (χ1n) is 8.37. The molecule has 0 radical (unpaired) electrons. The van der Waals surface area contributed by atoms with E-state index in [1.54, 1.807) is 30.0 Å². The average Bonchev–Trinajstić information content (AvgIpc) is 2.65. The fourth-order valence-electron chi connectivity index (χ4n) is 2.53. The van der Waals surface area contributed by atoms with Crippen molar-refractivity contribution in [3.8, 4) is 5.75 Å². The topological polar surface area (TPSA) is 61.4 Å². The van der Waals surface area contributed by atoms with Gasteiger partial charge in [-0.2, -0.15) is 0 Å². The number of phenolic OH excluding ortho intramolecular Hbond substituents is 1. The first-order chi connectivity index (χ1) is 13.0. The van der Waals surface area contributed by atoms with Crippen molar-refractivity contribution >= 4 is 40.6 Å². The summed E-state index contributed by atoms with van der Waals surface area (Å²) in [6.07, 6.45) is 0. The number of hydrogen-bond acceptors (Lipinski definition) is 4. The lowest BCUT2D eigenvalue weighted by Gasteiger charge is -2.13. The minimum absolute atomic E-state index is 0.0536. The van der Waals surface area contributed by atoms with Gasteiger partial charge in [0.05, 0.1) is 10.7 Å². The molecule has 3 N–H and O–H groups in total. The van der Waals surface area contributed by atoms with Crippen LogP contribution in [0.5, 0.6) is 5.75 Å². The Kier molecular flexibility index (Phi) is 6.27. The van der Waals surface area contributed by atoms with Gasteiger partial charge in [-0.05, 0) is 48.0 Å². The SMILES string of the molecule is CC(=O)Nc1ccc(Sc2ccccc2CNc2cccc(Cl)c2O)cc1. The highest BCUT2D eigenvalue weighted by atomic mass is 35.5. The molecule has 0 bridgehead atoms. The first kappa shape index (κ1) is 19.1. The Morgan fingerprint density at radius 1 is 1.04 bits per heavy atom. The predicted octanol–water partition coefficient (Wildman–Crippen LogP) is 5.77. The zero-order valence-electron chi connectivity index (χ0n) is 14.7. The fraction of sp³-hybridized carbons (Fsp3) is 0.0952. The summed E-state index contributed by atoms with van der Waals surface area (Å²) in [7, 11) is 0. The maximum atomic E-state index is 11.1. The molecule has 3 aromatic carbocycles. The monoisotopic (exact) mass is 398 g/mol. The number of amides is 1. The van der Waals surface area contributed by atoms with Gasteiger partial charge in [-0.3, -0.25) is 4.79 Å². The molecule has 6 heteroatoms. The molecule has 0 heterocycles. The summed E-state index contributed by atoms with van der Waals surface area (Å²) < 4.78 is 0. The number of nitrogens with one attached hydrogen (secondary N) is 2. The standard InChI is InChI=1S/C21H19ClN2O2S/c1-14(25)24-16-9-11-17(12-10-16)27-20-8-3-2-5-15(20)13-23-19-7-4-6-18(22)21(19)26/h2-12,23,26H,13H2,1H3,(H,24,25). The number of carbonyl (C=O) groups is 1. The molecule has 0 aromatic heterocycles. The molecule has 0 aliphatic heterocycles. The molecule has 27 heavy (non-hydrogen) atoms. The van der Waals surface area contributed by atoms with E-state index in [2.05, 4.69) is 16.7 Å². The lowest BCUT2D eigenvalue weighted by molar-refractivity contribution is -0.114. The number of hydrogen-bond donors (Lipinski definition) is 3. The highest BCUT2D eigenvalue weighted by Crippen LogP contribution is 2.34. The second-order valence-corrected chi connectivity index (χ2v) is 7.43. The summed E-state index contributed by atoms with van der Waals surface area (Å²) in [5.41, 5.74) is 2.48.